The predicted molar refractivity (Wildman–Crippen MR) is 175 cm³/mol. The number of unbranched alkanes of at least 4 members (excludes halogenated alkanes) is 2. The van der Waals surface area contributed by atoms with Crippen LogP contribution in [0.3, 0.4) is 0 Å². The van der Waals surface area contributed by atoms with E-state index in [2.05, 4.69) is 21.3 Å². The van der Waals surface area contributed by atoms with Crippen LogP contribution in [-0.2, 0) is 30.4 Å². The molecule has 0 radical (unpaired) electrons. The lowest BCUT2D eigenvalue weighted by atomic mass is 9.98. The highest BCUT2D eigenvalue weighted by Crippen LogP contribution is 2.13. The fourth-order valence-corrected chi connectivity index (χ4v) is 4.77. The summed E-state index contributed by atoms with van der Waals surface area (Å²) in [6.07, 6.45) is 3.48. The maximum absolute atomic E-state index is 13.6. The molecule has 0 unspecified atom stereocenters. The van der Waals surface area contributed by atoms with Gasteiger partial charge >= 0.3 is 5.97 Å². The zero-order chi connectivity index (χ0) is 34.8. The van der Waals surface area contributed by atoms with Crippen LogP contribution in [0.25, 0.3) is 0 Å². The van der Waals surface area contributed by atoms with Gasteiger partial charge in [-0.2, -0.15) is 0 Å². The number of aliphatic carboxylic acids is 1. The maximum Gasteiger partial charge on any atom is 0.326 e. The Morgan fingerprint density at radius 1 is 0.696 bits per heavy atom. The number of hydrogen-bond acceptors (Lipinski definition) is 9. The number of hydrogen-bond donors (Lipinski definition) is 9. The predicted octanol–water partition coefficient (Wildman–Crippen LogP) is 0.246. The van der Waals surface area contributed by atoms with E-state index < -0.39 is 65.7 Å². The Hall–Kier alpha value is -3.75. The van der Waals surface area contributed by atoms with Crippen LogP contribution in [-0.4, -0.2) is 83.1 Å². The average Bonchev–Trinajstić information content (AvgIpc) is 2.99. The number of phenols is 1. The van der Waals surface area contributed by atoms with E-state index in [4.69, 9.17) is 17.2 Å². The number of phenolic OH excluding ortho intramolecular Hbond substituents is 1. The van der Waals surface area contributed by atoms with Gasteiger partial charge in [0.05, 0.1) is 6.04 Å². The van der Waals surface area contributed by atoms with Crippen molar-refractivity contribution in [3.05, 3.63) is 29.8 Å². The molecule has 260 valence electrons. The molecule has 0 aliphatic heterocycles. The molecule has 0 heterocycles. The maximum atomic E-state index is 13.6. The minimum Gasteiger partial charge on any atom is -0.508 e. The lowest BCUT2D eigenvalue weighted by Crippen LogP contribution is -2.59. The van der Waals surface area contributed by atoms with Gasteiger partial charge in [0.15, 0.2) is 0 Å². The quantitative estimate of drug-likeness (QED) is 0.0774. The van der Waals surface area contributed by atoms with Crippen LogP contribution in [0.2, 0.25) is 0 Å². The summed E-state index contributed by atoms with van der Waals surface area (Å²) in [5.41, 5.74) is 17.8. The highest BCUT2D eigenvalue weighted by molar-refractivity contribution is 5.95. The summed E-state index contributed by atoms with van der Waals surface area (Å²) in [6, 6.07) is 0.737. The monoisotopic (exact) mass is 649 g/mol. The van der Waals surface area contributed by atoms with Crippen molar-refractivity contribution in [1.29, 1.82) is 0 Å². The van der Waals surface area contributed by atoms with E-state index in [0.29, 0.717) is 44.3 Å². The Morgan fingerprint density at radius 3 is 1.74 bits per heavy atom. The van der Waals surface area contributed by atoms with E-state index in [1.54, 1.807) is 26.0 Å². The van der Waals surface area contributed by atoms with Crippen molar-refractivity contribution in [3.8, 4) is 5.75 Å². The molecule has 0 aromatic heterocycles. The van der Waals surface area contributed by atoms with E-state index in [1.807, 2.05) is 13.8 Å². The van der Waals surface area contributed by atoms with E-state index >= 15 is 0 Å². The Bertz CT molecular complexity index is 1110. The molecular formula is C32H55N7O7. The first kappa shape index (κ1) is 40.3. The van der Waals surface area contributed by atoms with Crippen molar-refractivity contribution >= 4 is 29.6 Å². The van der Waals surface area contributed by atoms with Crippen molar-refractivity contribution in [3.63, 3.8) is 0 Å². The van der Waals surface area contributed by atoms with Gasteiger partial charge in [0.25, 0.3) is 0 Å². The van der Waals surface area contributed by atoms with Crippen LogP contribution in [0.4, 0.5) is 0 Å². The number of amides is 4. The molecule has 0 fully saturated rings. The van der Waals surface area contributed by atoms with Crippen molar-refractivity contribution in [2.45, 2.75) is 109 Å². The number of nitrogens with two attached hydrogens (primary N) is 3. The molecule has 0 spiro atoms. The molecule has 1 rings (SSSR count). The minimum atomic E-state index is -1.29. The molecule has 0 aliphatic rings. The lowest BCUT2D eigenvalue weighted by molar-refractivity contribution is -0.142. The number of carboxylic acid groups (broad SMARTS) is 1. The number of carbonyl (C=O) groups excluding carboxylic acids is 4. The molecule has 4 amide bonds. The SMILES string of the molecule is CC(C)C[C@H](NC(=O)[C@H](CCCCN)NC(=O)[C@@H](N)CCCCN)C(=O)N[C@H](C(=O)N[C@@H](Cc1ccc(O)cc1)C(=O)O)C(C)C. The van der Waals surface area contributed by atoms with Crippen LogP contribution in [0.5, 0.6) is 5.75 Å². The number of rotatable bonds is 22. The first-order valence-electron chi connectivity index (χ1n) is 16.1. The van der Waals surface area contributed by atoms with Gasteiger partial charge < -0.3 is 48.7 Å². The summed E-state index contributed by atoms with van der Waals surface area (Å²) in [6.45, 7) is 8.06. The summed E-state index contributed by atoms with van der Waals surface area (Å²) in [4.78, 5) is 65.1. The molecule has 46 heavy (non-hydrogen) atoms. The molecule has 14 heteroatoms. The van der Waals surface area contributed by atoms with Crippen LogP contribution in [0.1, 0.15) is 78.2 Å². The molecule has 0 saturated heterocycles. The zero-order valence-corrected chi connectivity index (χ0v) is 27.6. The number of carbonyl (C=O) groups is 5. The summed E-state index contributed by atoms with van der Waals surface area (Å²) >= 11 is 0. The van der Waals surface area contributed by atoms with Crippen molar-refractivity contribution in [2.24, 2.45) is 29.0 Å². The van der Waals surface area contributed by atoms with Gasteiger partial charge in [-0.1, -0.05) is 46.2 Å². The van der Waals surface area contributed by atoms with Gasteiger partial charge in [-0.15, -0.1) is 0 Å². The van der Waals surface area contributed by atoms with E-state index in [0.717, 1.165) is 6.42 Å². The fourth-order valence-electron chi connectivity index (χ4n) is 4.77. The summed E-state index contributed by atoms with van der Waals surface area (Å²) < 4.78 is 0. The van der Waals surface area contributed by atoms with E-state index in [1.165, 1.54) is 12.1 Å². The first-order valence-corrected chi connectivity index (χ1v) is 16.1. The number of carboxylic acids is 1. The highest BCUT2D eigenvalue weighted by Gasteiger charge is 2.33. The number of benzene rings is 1. The molecule has 5 atom stereocenters. The molecule has 1 aromatic carbocycles. The van der Waals surface area contributed by atoms with Crippen LogP contribution in [0, 0.1) is 11.8 Å². The molecular weight excluding hydrogens is 594 g/mol. The summed E-state index contributed by atoms with van der Waals surface area (Å²) in [7, 11) is 0. The zero-order valence-electron chi connectivity index (χ0n) is 27.6. The van der Waals surface area contributed by atoms with Crippen LogP contribution >= 0.6 is 0 Å². The smallest absolute Gasteiger partial charge is 0.326 e. The van der Waals surface area contributed by atoms with Crippen LogP contribution in [0.15, 0.2) is 24.3 Å². The van der Waals surface area contributed by atoms with Gasteiger partial charge in [0, 0.05) is 6.42 Å². The highest BCUT2D eigenvalue weighted by atomic mass is 16.4. The van der Waals surface area contributed by atoms with Gasteiger partial charge in [-0.25, -0.2) is 4.79 Å². The van der Waals surface area contributed by atoms with Crippen molar-refractivity contribution in [2.75, 3.05) is 13.1 Å². The van der Waals surface area contributed by atoms with Gasteiger partial charge in [-0.3, -0.25) is 19.2 Å². The number of aromatic hydroxyl groups is 1. The van der Waals surface area contributed by atoms with Crippen molar-refractivity contribution in [1.82, 2.24) is 21.3 Å². The van der Waals surface area contributed by atoms with Gasteiger partial charge in [0.1, 0.15) is 29.9 Å². The van der Waals surface area contributed by atoms with Gasteiger partial charge in [0.2, 0.25) is 23.6 Å². The number of nitrogens with one attached hydrogen (secondary N) is 4. The Morgan fingerprint density at radius 2 is 1.22 bits per heavy atom. The van der Waals surface area contributed by atoms with E-state index in [9.17, 15) is 34.2 Å². The second kappa shape index (κ2) is 21.1. The summed E-state index contributed by atoms with van der Waals surface area (Å²) in [5.74, 6) is -4.04. The van der Waals surface area contributed by atoms with Crippen LogP contribution < -0.4 is 38.5 Å². The third kappa shape index (κ3) is 15.0. The minimum absolute atomic E-state index is 0.0228. The lowest BCUT2D eigenvalue weighted by Gasteiger charge is -2.28. The second-order valence-electron chi connectivity index (χ2n) is 12.4. The topological polar surface area (TPSA) is 252 Å². The Balaban J connectivity index is 3.07. The Labute approximate surface area is 272 Å². The largest absolute Gasteiger partial charge is 0.508 e. The third-order valence-corrected chi connectivity index (χ3v) is 7.46. The summed E-state index contributed by atoms with van der Waals surface area (Å²) in [5, 5.41) is 29.9. The molecule has 0 bridgehead atoms. The Kier molecular flexibility index (Phi) is 18.5. The average molecular weight is 650 g/mol. The molecule has 14 nitrogen and oxygen atoms in total. The van der Waals surface area contributed by atoms with E-state index in [-0.39, 0.29) is 30.9 Å². The fraction of sp³-hybridized carbons (Fsp3) is 0.656. The molecule has 0 saturated carbocycles. The normalized spacial score (nSPS) is 14.5. The van der Waals surface area contributed by atoms with Gasteiger partial charge in [-0.05, 0) is 81.1 Å². The first-order chi connectivity index (χ1) is 21.7. The molecule has 1 aromatic rings. The molecule has 12 N–H and O–H groups in total. The molecule has 0 aliphatic carbocycles. The second-order valence-corrected chi connectivity index (χ2v) is 12.4. The third-order valence-electron chi connectivity index (χ3n) is 7.46. The standard InChI is InChI=1S/C32H55N7O7/c1-19(2)17-25(37-29(42)24(10-6-8-16-34)36-28(41)23(35)9-5-7-15-33)30(43)39-27(20(3)4)31(44)38-26(32(45)46)18-21-11-13-22(40)14-12-21/h11-14,19-20,23-27,40H,5-10,15-18,33-35H2,1-4H3,(H,36,41)(H,37,42)(H,38,44)(H,39,43)(H,45,46)/t23-,24-,25-,26-,27-/m0/s1. The van der Waals surface area contributed by atoms with Crippen molar-refractivity contribution < 1.29 is 34.2 Å².